The number of carbonyl (C=O) groups excluding carboxylic acids is 1. The number of aliphatic hydroxyl groups is 1. The van der Waals surface area contributed by atoms with Crippen molar-refractivity contribution >= 4 is 35.1 Å². The average molecular weight is 677 g/mol. The summed E-state index contributed by atoms with van der Waals surface area (Å²) in [5.74, 6) is 1.05. The number of benzene rings is 5. The number of nitrogens with one attached hydrogen (secondary N) is 2. The molecule has 1 heterocycles. The largest absolute Gasteiger partial charge is 0.478 e. The molecule has 1 saturated heterocycles. The van der Waals surface area contributed by atoms with E-state index in [2.05, 4.69) is 17.6 Å². The Bertz CT molecular complexity index is 1830. The third-order valence-electron chi connectivity index (χ3n) is 8.17. The number of carboxylic acid groups (broad SMARTS) is 1. The van der Waals surface area contributed by atoms with Crippen molar-refractivity contribution in [1.82, 2.24) is 0 Å². The van der Waals surface area contributed by atoms with Crippen LogP contribution >= 0.6 is 11.8 Å². The van der Waals surface area contributed by atoms with Crippen LogP contribution in [0.4, 0.5) is 16.2 Å². The fourth-order valence-electron chi connectivity index (χ4n) is 5.43. The first-order chi connectivity index (χ1) is 23.8. The molecule has 1 aliphatic heterocycles. The number of aromatic carboxylic acids is 1. The molecular weight excluding hydrogens is 641 g/mol. The molecule has 1 fully saturated rings. The zero-order valence-electron chi connectivity index (χ0n) is 26.7. The van der Waals surface area contributed by atoms with Crippen LogP contribution in [-0.2, 0) is 16.1 Å². The van der Waals surface area contributed by atoms with Gasteiger partial charge in [0.25, 0.3) is 0 Å². The normalized spacial score (nSPS) is 18.7. The molecule has 10 heteroatoms. The highest BCUT2D eigenvalue weighted by molar-refractivity contribution is 7.99. The number of anilines is 2. The molecule has 250 valence electrons. The number of carboxylic acids is 1. The third-order valence-corrected chi connectivity index (χ3v) is 9.27. The topological polar surface area (TPSA) is 126 Å². The number of thioether (sulfide) groups is 1. The number of amides is 2. The molecule has 0 aromatic heterocycles. The summed E-state index contributed by atoms with van der Waals surface area (Å²) < 4.78 is 18.9. The third kappa shape index (κ3) is 8.87. The highest BCUT2D eigenvalue weighted by Gasteiger charge is 2.38. The summed E-state index contributed by atoms with van der Waals surface area (Å²) in [6.07, 6.45) is -1.14. The summed E-state index contributed by atoms with van der Waals surface area (Å²) in [7, 11) is 0. The van der Waals surface area contributed by atoms with Crippen molar-refractivity contribution < 1.29 is 34.0 Å². The van der Waals surface area contributed by atoms with Gasteiger partial charge in [0.05, 0.1) is 24.4 Å². The van der Waals surface area contributed by atoms with Crippen LogP contribution in [0.3, 0.4) is 0 Å². The molecule has 1 aliphatic rings. The zero-order valence-corrected chi connectivity index (χ0v) is 27.5. The molecule has 6 rings (SSSR count). The number of hydrogen-bond acceptors (Lipinski definition) is 7. The van der Waals surface area contributed by atoms with Crippen molar-refractivity contribution in [2.24, 2.45) is 5.92 Å². The van der Waals surface area contributed by atoms with Crippen molar-refractivity contribution in [3.05, 3.63) is 150 Å². The molecule has 0 radical (unpaired) electrons. The lowest BCUT2D eigenvalue weighted by molar-refractivity contribution is -0.268. The Labute approximate surface area is 288 Å². The van der Waals surface area contributed by atoms with E-state index in [1.807, 2.05) is 66.7 Å². The minimum atomic E-state index is -0.960. The van der Waals surface area contributed by atoms with Gasteiger partial charge in [-0.3, -0.25) is 0 Å². The van der Waals surface area contributed by atoms with Crippen molar-refractivity contribution in [2.45, 2.75) is 36.9 Å². The highest BCUT2D eigenvalue weighted by Crippen LogP contribution is 2.43. The molecule has 0 bridgehead atoms. The molecule has 5 aromatic rings. The van der Waals surface area contributed by atoms with Crippen LogP contribution in [0, 0.1) is 5.92 Å². The van der Waals surface area contributed by atoms with E-state index >= 15 is 0 Å². The van der Waals surface area contributed by atoms with Gasteiger partial charge in [0.15, 0.2) is 6.29 Å². The fourth-order valence-corrected chi connectivity index (χ4v) is 6.50. The van der Waals surface area contributed by atoms with Gasteiger partial charge in [0.1, 0.15) is 11.5 Å². The van der Waals surface area contributed by atoms with Gasteiger partial charge in [-0.05, 0) is 83.9 Å². The molecule has 49 heavy (non-hydrogen) atoms. The van der Waals surface area contributed by atoms with Crippen LogP contribution in [0.25, 0.3) is 0 Å². The van der Waals surface area contributed by atoms with E-state index in [9.17, 15) is 19.8 Å². The summed E-state index contributed by atoms with van der Waals surface area (Å²) in [4.78, 5) is 25.0. The highest BCUT2D eigenvalue weighted by atomic mass is 32.2. The molecule has 0 unspecified atom stereocenters. The van der Waals surface area contributed by atoms with Gasteiger partial charge in [0, 0.05) is 33.5 Å². The van der Waals surface area contributed by atoms with Crippen molar-refractivity contribution in [3.63, 3.8) is 0 Å². The van der Waals surface area contributed by atoms with Crippen LogP contribution in [0.2, 0.25) is 0 Å². The first kappa shape index (κ1) is 33.8. The fraction of sp³-hybridized carbons (Fsp3) is 0.179. The Morgan fingerprint density at radius 2 is 1.33 bits per heavy atom. The van der Waals surface area contributed by atoms with Gasteiger partial charge in [-0.2, -0.15) is 0 Å². The van der Waals surface area contributed by atoms with E-state index in [4.69, 9.17) is 14.2 Å². The molecule has 0 spiro atoms. The molecule has 2 amide bonds. The van der Waals surface area contributed by atoms with Gasteiger partial charge in [0.2, 0.25) is 0 Å². The summed E-state index contributed by atoms with van der Waals surface area (Å²) in [6.45, 7) is 2.05. The van der Waals surface area contributed by atoms with Crippen LogP contribution in [0.5, 0.6) is 11.5 Å². The number of carbonyl (C=O) groups is 2. The van der Waals surface area contributed by atoms with E-state index in [0.29, 0.717) is 22.9 Å². The molecule has 4 atom stereocenters. The molecule has 4 N–H and O–H groups in total. The second-order valence-corrected chi connectivity index (χ2v) is 12.7. The number of para-hydroxylation sites is 1. The van der Waals surface area contributed by atoms with Gasteiger partial charge < -0.3 is 35.1 Å². The Morgan fingerprint density at radius 1 is 0.735 bits per heavy atom. The number of hydrogen-bond donors (Lipinski definition) is 4. The smallest absolute Gasteiger partial charge is 0.335 e. The monoisotopic (exact) mass is 676 g/mol. The minimum absolute atomic E-state index is 0.00868. The van der Waals surface area contributed by atoms with Crippen molar-refractivity contribution in [3.8, 4) is 11.5 Å². The Morgan fingerprint density at radius 3 is 1.94 bits per heavy atom. The van der Waals surface area contributed by atoms with Gasteiger partial charge >= 0.3 is 12.0 Å². The van der Waals surface area contributed by atoms with Gasteiger partial charge in [-0.1, -0.05) is 61.5 Å². The summed E-state index contributed by atoms with van der Waals surface area (Å²) in [6, 6.07) is 38.1. The van der Waals surface area contributed by atoms with E-state index in [0.717, 1.165) is 27.3 Å². The number of aliphatic hydroxyl groups excluding tert-OH is 1. The second kappa shape index (κ2) is 15.8. The lowest BCUT2D eigenvalue weighted by Crippen LogP contribution is -2.38. The molecular formula is C39H36N2O7S. The summed E-state index contributed by atoms with van der Waals surface area (Å²) in [5.41, 5.74) is 4.05. The first-order valence-corrected chi connectivity index (χ1v) is 16.8. The lowest BCUT2D eigenvalue weighted by atomic mass is 9.91. The first-order valence-electron chi connectivity index (χ1n) is 15.8. The van der Waals surface area contributed by atoms with E-state index in [1.165, 1.54) is 0 Å². The zero-order chi connectivity index (χ0) is 34.2. The predicted molar refractivity (Wildman–Crippen MR) is 189 cm³/mol. The maximum Gasteiger partial charge on any atom is 0.335 e. The number of rotatable bonds is 11. The lowest BCUT2D eigenvalue weighted by Gasteiger charge is -2.41. The van der Waals surface area contributed by atoms with E-state index in [1.54, 1.807) is 72.4 Å². The average Bonchev–Trinajstić information content (AvgIpc) is 3.13. The number of ether oxygens (including phenoxy) is 3. The van der Waals surface area contributed by atoms with Crippen molar-refractivity contribution in [1.29, 1.82) is 0 Å². The van der Waals surface area contributed by atoms with Crippen LogP contribution in [-0.4, -0.2) is 34.1 Å². The minimum Gasteiger partial charge on any atom is -0.478 e. The summed E-state index contributed by atoms with van der Waals surface area (Å²) in [5, 5.41) is 24.5. The summed E-state index contributed by atoms with van der Waals surface area (Å²) >= 11 is 1.59. The van der Waals surface area contributed by atoms with Gasteiger partial charge in [-0.25, -0.2) is 9.59 Å². The Balaban J connectivity index is 1.11. The van der Waals surface area contributed by atoms with Crippen LogP contribution in [0.1, 0.15) is 46.4 Å². The number of urea groups is 1. The van der Waals surface area contributed by atoms with E-state index in [-0.39, 0.29) is 36.3 Å². The SMILES string of the molecule is C[C@H]1[C@@H](CSc2ccc(C(=O)O)cc2)O[C@@H](c2ccc(NC(=O)Nc3ccc(Oc4ccccc4)cc3)cc2)O[C@H]1c1ccc(CO)cc1. The molecule has 0 aliphatic carbocycles. The predicted octanol–water partition coefficient (Wildman–Crippen LogP) is 8.90. The van der Waals surface area contributed by atoms with Crippen molar-refractivity contribution in [2.75, 3.05) is 16.4 Å². The standard InChI is InChI=1S/C39H36N2O7S/c1-25-35(24-49-34-21-13-28(14-22-34)37(43)44)47-38(48-36(25)27-9-7-26(23-42)8-10-27)29-11-15-30(16-12-29)40-39(45)41-31-17-19-33(20-18-31)46-32-5-3-2-4-6-32/h2-22,25,35-36,38,42H,23-24H2,1H3,(H,43,44)(H2,40,41,45)/t25-,35+,36+,38+/m0/s1. The Kier molecular flexibility index (Phi) is 10.9. The quantitative estimate of drug-likeness (QED) is 0.102. The molecule has 5 aromatic carbocycles. The van der Waals surface area contributed by atoms with Gasteiger partial charge in [-0.15, -0.1) is 11.8 Å². The maximum absolute atomic E-state index is 12.8. The Hall–Kier alpha value is -5.13. The van der Waals surface area contributed by atoms with E-state index < -0.39 is 12.3 Å². The van der Waals surface area contributed by atoms with Crippen LogP contribution < -0.4 is 15.4 Å². The molecule has 9 nitrogen and oxygen atoms in total. The molecule has 0 saturated carbocycles. The van der Waals surface area contributed by atoms with Crippen LogP contribution in [0.15, 0.2) is 132 Å². The second-order valence-electron chi connectivity index (χ2n) is 11.6. The maximum atomic E-state index is 12.8.